The van der Waals surface area contributed by atoms with Gasteiger partial charge >= 0.3 is 5.97 Å². The lowest BCUT2D eigenvalue weighted by molar-refractivity contribution is -0.150. The van der Waals surface area contributed by atoms with Crippen LogP contribution in [0.1, 0.15) is 30.5 Å². The van der Waals surface area contributed by atoms with Crippen LogP contribution in [-0.4, -0.2) is 27.4 Å². The largest absolute Gasteiger partial charge is 0.507 e. The van der Waals surface area contributed by atoms with Gasteiger partial charge in [-0.2, -0.15) is 0 Å². The molecule has 0 aliphatic rings. The van der Waals surface area contributed by atoms with E-state index in [4.69, 9.17) is 5.11 Å². The van der Waals surface area contributed by atoms with Crippen LogP contribution in [0.5, 0.6) is 5.75 Å². The molecule has 1 rings (SSSR count). The van der Waals surface area contributed by atoms with Gasteiger partial charge in [0.15, 0.2) is 6.10 Å². The normalized spacial score (nSPS) is 13.5. The first-order valence-electron chi connectivity index (χ1n) is 5.39. The van der Waals surface area contributed by atoms with E-state index in [1.165, 1.54) is 0 Å². The standard InChI is InChI=1S/C13H18O4/c1-7-5-9(6-8(2)10(7)14)13(3,4)11(15)12(16)17/h5-6,11,14-15H,1-4H3,(H,16,17). The van der Waals surface area contributed by atoms with E-state index in [0.717, 1.165) is 0 Å². The number of aliphatic carboxylic acids is 1. The fourth-order valence-electron chi connectivity index (χ4n) is 1.79. The van der Waals surface area contributed by atoms with Crippen molar-refractivity contribution >= 4 is 5.97 Å². The Kier molecular flexibility index (Phi) is 3.48. The summed E-state index contributed by atoms with van der Waals surface area (Å²) in [6.45, 7) is 6.82. The molecule has 1 atom stereocenters. The molecule has 1 aromatic carbocycles. The van der Waals surface area contributed by atoms with Crippen molar-refractivity contribution in [3.8, 4) is 5.75 Å². The second-order valence-electron chi connectivity index (χ2n) is 4.92. The molecular weight excluding hydrogens is 220 g/mol. The number of rotatable bonds is 3. The summed E-state index contributed by atoms with van der Waals surface area (Å²) in [5.41, 5.74) is 1.13. The number of carboxylic acid groups (broad SMARTS) is 1. The van der Waals surface area contributed by atoms with Crippen molar-refractivity contribution in [3.63, 3.8) is 0 Å². The Hall–Kier alpha value is -1.55. The van der Waals surface area contributed by atoms with Crippen LogP contribution in [0.15, 0.2) is 12.1 Å². The van der Waals surface area contributed by atoms with E-state index in [2.05, 4.69) is 0 Å². The highest BCUT2D eigenvalue weighted by Gasteiger charge is 2.35. The first kappa shape index (κ1) is 13.5. The average Bonchev–Trinajstić information content (AvgIpc) is 2.23. The maximum Gasteiger partial charge on any atom is 0.333 e. The summed E-state index contributed by atoms with van der Waals surface area (Å²) < 4.78 is 0. The highest BCUT2D eigenvalue weighted by molar-refractivity contribution is 5.74. The number of hydrogen-bond donors (Lipinski definition) is 3. The van der Waals surface area contributed by atoms with Gasteiger partial charge in [0.25, 0.3) is 0 Å². The fraction of sp³-hybridized carbons (Fsp3) is 0.462. The van der Waals surface area contributed by atoms with Crippen LogP contribution in [0.4, 0.5) is 0 Å². The van der Waals surface area contributed by atoms with Crippen molar-refractivity contribution in [2.24, 2.45) is 0 Å². The minimum absolute atomic E-state index is 0.203. The van der Waals surface area contributed by atoms with E-state index in [9.17, 15) is 15.0 Å². The Balaban J connectivity index is 3.29. The maximum atomic E-state index is 10.9. The Morgan fingerprint density at radius 3 is 2.00 bits per heavy atom. The molecule has 0 radical (unpaired) electrons. The molecule has 0 aromatic heterocycles. The molecule has 0 spiro atoms. The summed E-state index contributed by atoms with van der Waals surface area (Å²) in [7, 11) is 0. The van der Waals surface area contributed by atoms with Gasteiger partial charge < -0.3 is 15.3 Å². The minimum Gasteiger partial charge on any atom is -0.507 e. The number of aromatic hydroxyl groups is 1. The van der Waals surface area contributed by atoms with E-state index in [1.807, 2.05) is 0 Å². The summed E-state index contributed by atoms with van der Waals surface area (Å²) in [5, 5.41) is 28.2. The monoisotopic (exact) mass is 238 g/mol. The van der Waals surface area contributed by atoms with Crippen molar-refractivity contribution in [2.45, 2.75) is 39.2 Å². The number of aliphatic hydroxyl groups excluding tert-OH is 1. The predicted octanol–water partition coefficient (Wildman–Crippen LogP) is 1.73. The van der Waals surface area contributed by atoms with Crippen molar-refractivity contribution in [1.29, 1.82) is 0 Å². The average molecular weight is 238 g/mol. The summed E-state index contributed by atoms with van der Waals surface area (Å²) in [6.07, 6.45) is -1.48. The number of aliphatic hydroxyl groups is 1. The number of benzene rings is 1. The zero-order valence-corrected chi connectivity index (χ0v) is 10.5. The predicted molar refractivity (Wildman–Crippen MR) is 64.2 cm³/mol. The molecule has 1 unspecified atom stereocenters. The molecule has 0 aliphatic carbocycles. The molecule has 0 fully saturated rings. The van der Waals surface area contributed by atoms with Gasteiger partial charge in [0.2, 0.25) is 0 Å². The molecule has 17 heavy (non-hydrogen) atoms. The second kappa shape index (κ2) is 4.37. The highest BCUT2D eigenvalue weighted by Crippen LogP contribution is 2.32. The number of carboxylic acids is 1. The Bertz CT molecular complexity index is 426. The molecule has 0 aliphatic heterocycles. The van der Waals surface area contributed by atoms with Gasteiger partial charge in [-0.05, 0) is 30.5 Å². The third-order valence-electron chi connectivity index (χ3n) is 3.15. The first-order valence-corrected chi connectivity index (χ1v) is 5.39. The lowest BCUT2D eigenvalue weighted by Crippen LogP contribution is -2.39. The number of phenolic OH excluding ortho intramolecular Hbond substituents is 1. The molecule has 4 nitrogen and oxygen atoms in total. The van der Waals surface area contributed by atoms with Crippen molar-refractivity contribution < 1.29 is 20.1 Å². The van der Waals surface area contributed by atoms with Gasteiger partial charge in [0.1, 0.15) is 5.75 Å². The van der Waals surface area contributed by atoms with Gasteiger partial charge in [0.05, 0.1) is 0 Å². The topological polar surface area (TPSA) is 77.8 Å². The maximum absolute atomic E-state index is 10.9. The van der Waals surface area contributed by atoms with Crippen molar-refractivity contribution in [2.75, 3.05) is 0 Å². The number of carbonyl (C=O) groups is 1. The van der Waals surface area contributed by atoms with Gasteiger partial charge in [-0.25, -0.2) is 4.79 Å². The minimum atomic E-state index is -1.48. The molecular formula is C13H18O4. The summed E-state index contributed by atoms with van der Waals surface area (Å²) in [5.74, 6) is -1.05. The summed E-state index contributed by atoms with van der Waals surface area (Å²) in [4.78, 5) is 10.9. The zero-order valence-electron chi connectivity index (χ0n) is 10.5. The number of hydrogen-bond acceptors (Lipinski definition) is 3. The van der Waals surface area contributed by atoms with Gasteiger partial charge in [-0.3, -0.25) is 0 Å². The molecule has 0 heterocycles. The molecule has 0 saturated heterocycles. The van der Waals surface area contributed by atoms with Crippen LogP contribution in [0.3, 0.4) is 0 Å². The molecule has 0 bridgehead atoms. The summed E-state index contributed by atoms with van der Waals surface area (Å²) >= 11 is 0. The first-order chi connectivity index (χ1) is 7.67. The Morgan fingerprint density at radius 2 is 1.65 bits per heavy atom. The lowest BCUT2D eigenvalue weighted by Gasteiger charge is -2.29. The Labute approximate surface area is 101 Å². The zero-order chi connectivity index (χ0) is 13.4. The molecule has 1 aromatic rings. The van der Waals surface area contributed by atoms with Crippen LogP contribution in [-0.2, 0) is 10.2 Å². The molecule has 4 heteroatoms. The van der Waals surface area contributed by atoms with Crippen LogP contribution >= 0.6 is 0 Å². The third kappa shape index (κ3) is 2.42. The molecule has 3 N–H and O–H groups in total. The molecule has 94 valence electrons. The van der Waals surface area contributed by atoms with Crippen LogP contribution in [0, 0.1) is 13.8 Å². The van der Waals surface area contributed by atoms with Crippen LogP contribution < -0.4 is 0 Å². The second-order valence-corrected chi connectivity index (χ2v) is 4.92. The number of phenols is 1. The van der Waals surface area contributed by atoms with E-state index in [0.29, 0.717) is 16.7 Å². The quantitative estimate of drug-likeness (QED) is 0.749. The SMILES string of the molecule is Cc1cc(C(C)(C)C(O)C(=O)O)cc(C)c1O. The van der Waals surface area contributed by atoms with Gasteiger partial charge in [0, 0.05) is 5.41 Å². The van der Waals surface area contributed by atoms with E-state index in [-0.39, 0.29) is 5.75 Å². The van der Waals surface area contributed by atoms with E-state index in [1.54, 1.807) is 39.8 Å². The Morgan fingerprint density at radius 1 is 1.24 bits per heavy atom. The molecule has 0 amide bonds. The highest BCUT2D eigenvalue weighted by atomic mass is 16.4. The number of aryl methyl sites for hydroxylation is 2. The third-order valence-corrected chi connectivity index (χ3v) is 3.15. The van der Waals surface area contributed by atoms with Gasteiger partial charge in [-0.1, -0.05) is 26.0 Å². The molecule has 0 saturated carbocycles. The van der Waals surface area contributed by atoms with Crippen LogP contribution in [0.25, 0.3) is 0 Å². The van der Waals surface area contributed by atoms with Crippen molar-refractivity contribution in [1.82, 2.24) is 0 Å². The van der Waals surface area contributed by atoms with Crippen molar-refractivity contribution in [3.05, 3.63) is 28.8 Å². The fourth-order valence-corrected chi connectivity index (χ4v) is 1.79. The lowest BCUT2D eigenvalue weighted by atomic mass is 9.78. The van der Waals surface area contributed by atoms with Gasteiger partial charge in [-0.15, -0.1) is 0 Å². The summed E-state index contributed by atoms with van der Waals surface area (Å²) in [6, 6.07) is 3.41. The smallest absolute Gasteiger partial charge is 0.333 e. The van der Waals surface area contributed by atoms with E-state index >= 15 is 0 Å². The van der Waals surface area contributed by atoms with E-state index < -0.39 is 17.5 Å². The van der Waals surface area contributed by atoms with Crippen LogP contribution in [0.2, 0.25) is 0 Å².